The molecule has 0 spiro atoms. The summed E-state index contributed by atoms with van der Waals surface area (Å²) in [6, 6.07) is 20.0. The number of oxazole rings is 1. The maximum absolute atomic E-state index is 9.69. The summed E-state index contributed by atoms with van der Waals surface area (Å²) in [5.41, 5.74) is 2.94. The Morgan fingerprint density at radius 2 is 1.80 bits per heavy atom. The molecule has 0 N–H and O–H groups in total. The van der Waals surface area contributed by atoms with Crippen LogP contribution in [0.3, 0.4) is 0 Å². The van der Waals surface area contributed by atoms with Gasteiger partial charge in [0.2, 0.25) is 5.89 Å². The zero-order valence-electron chi connectivity index (χ0n) is 15.4. The topological polar surface area (TPSA) is 59.0 Å². The predicted octanol–water partition coefficient (Wildman–Crippen LogP) is 7.43. The molecule has 0 aliphatic rings. The molecule has 148 valence electrons. The van der Waals surface area contributed by atoms with E-state index in [1.807, 2.05) is 30.3 Å². The van der Waals surface area contributed by atoms with Gasteiger partial charge >= 0.3 is 0 Å². The quantitative estimate of drug-likeness (QED) is 0.294. The molecule has 0 saturated carbocycles. The lowest BCUT2D eigenvalue weighted by Gasteiger charge is -2.12. The lowest BCUT2D eigenvalue weighted by atomic mass is 10.1. The number of aromatic nitrogens is 1. The fourth-order valence-corrected chi connectivity index (χ4v) is 3.55. The maximum atomic E-state index is 9.69. The van der Waals surface area contributed by atoms with Crippen LogP contribution in [-0.2, 0) is 6.61 Å². The first-order chi connectivity index (χ1) is 14.5. The SMILES string of the molecule is N#C/C(=C\c1cc(Cl)cc(Cl)c1OCc1ccc(Cl)cc1)c1nc2ccccc2o1. The molecule has 0 saturated heterocycles. The summed E-state index contributed by atoms with van der Waals surface area (Å²) in [6.07, 6.45) is 1.60. The second kappa shape index (κ2) is 8.81. The Kier molecular flexibility index (Phi) is 5.96. The van der Waals surface area contributed by atoms with Gasteiger partial charge in [-0.3, -0.25) is 0 Å². The average Bonchev–Trinajstić information content (AvgIpc) is 3.16. The summed E-state index contributed by atoms with van der Waals surface area (Å²) in [7, 11) is 0. The van der Waals surface area contributed by atoms with Crippen molar-refractivity contribution in [3.8, 4) is 11.8 Å². The van der Waals surface area contributed by atoms with Crippen molar-refractivity contribution in [2.24, 2.45) is 0 Å². The van der Waals surface area contributed by atoms with E-state index in [1.54, 1.807) is 36.4 Å². The Morgan fingerprint density at radius 1 is 1.03 bits per heavy atom. The van der Waals surface area contributed by atoms with Crippen molar-refractivity contribution < 1.29 is 9.15 Å². The molecule has 7 heteroatoms. The summed E-state index contributed by atoms with van der Waals surface area (Å²) >= 11 is 18.5. The first-order valence-corrected chi connectivity index (χ1v) is 10.0. The van der Waals surface area contributed by atoms with E-state index in [9.17, 15) is 5.26 Å². The molecule has 0 aliphatic heterocycles. The first kappa shape index (κ1) is 20.3. The number of ether oxygens (including phenoxy) is 1. The summed E-state index contributed by atoms with van der Waals surface area (Å²) in [5, 5.41) is 11.1. The van der Waals surface area contributed by atoms with Crippen molar-refractivity contribution >= 4 is 57.6 Å². The highest BCUT2D eigenvalue weighted by Gasteiger charge is 2.15. The minimum atomic E-state index is 0.207. The van der Waals surface area contributed by atoms with Crippen LogP contribution in [0.2, 0.25) is 15.1 Å². The molecule has 4 rings (SSSR count). The molecular weight excluding hydrogens is 443 g/mol. The van der Waals surface area contributed by atoms with E-state index < -0.39 is 0 Å². The number of allylic oxidation sites excluding steroid dienone is 1. The molecule has 0 aliphatic carbocycles. The lowest BCUT2D eigenvalue weighted by Crippen LogP contribution is -1.98. The van der Waals surface area contributed by atoms with Crippen LogP contribution in [0.15, 0.2) is 65.1 Å². The number of benzene rings is 3. The maximum Gasteiger partial charge on any atom is 0.238 e. The van der Waals surface area contributed by atoms with Crippen LogP contribution in [0, 0.1) is 11.3 Å². The number of fused-ring (bicyclic) bond motifs is 1. The van der Waals surface area contributed by atoms with E-state index >= 15 is 0 Å². The summed E-state index contributed by atoms with van der Waals surface area (Å²) in [6.45, 7) is 0.268. The van der Waals surface area contributed by atoms with Gasteiger partial charge in [0, 0.05) is 15.6 Å². The monoisotopic (exact) mass is 454 g/mol. The molecule has 0 atom stereocenters. The van der Waals surface area contributed by atoms with E-state index in [4.69, 9.17) is 44.0 Å². The smallest absolute Gasteiger partial charge is 0.238 e. The Morgan fingerprint density at radius 3 is 2.53 bits per heavy atom. The second-order valence-electron chi connectivity index (χ2n) is 6.38. The standard InChI is InChI=1S/C23H13Cl3N2O2/c24-17-7-5-14(6-8-17)13-29-22-15(10-18(25)11-19(22)26)9-16(12-27)23-28-20-3-1-2-4-21(20)30-23/h1-11H,13H2/b16-9+. The molecule has 4 nitrogen and oxygen atoms in total. The zero-order chi connectivity index (χ0) is 21.1. The minimum Gasteiger partial charge on any atom is -0.487 e. The number of hydrogen-bond donors (Lipinski definition) is 0. The fraction of sp³-hybridized carbons (Fsp3) is 0.0435. The fourth-order valence-electron chi connectivity index (χ4n) is 2.86. The van der Waals surface area contributed by atoms with Crippen LogP contribution >= 0.6 is 34.8 Å². The van der Waals surface area contributed by atoms with E-state index in [0.717, 1.165) is 5.56 Å². The van der Waals surface area contributed by atoms with Crippen LogP contribution in [0.5, 0.6) is 5.75 Å². The summed E-state index contributed by atoms with van der Waals surface area (Å²) in [4.78, 5) is 4.38. The number of halogens is 3. The van der Waals surface area contributed by atoms with Gasteiger partial charge in [0.15, 0.2) is 5.58 Å². The van der Waals surface area contributed by atoms with Crippen molar-refractivity contribution in [3.63, 3.8) is 0 Å². The Balaban J connectivity index is 1.71. The summed E-state index contributed by atoms with van der Waals surface area (Å²) < 4.78 is 11.7. The molecule has 30 heavy (non-hydrogen) atoms. The molecule has 0 unspecified atom stereocenters. The number of nitrogens with zero attached hydrogens (tertiary/aromatic N) is 2. The molecule has 4 aromatic rings. The molecule has 0 fully saturated rings. The van der Waals surface area contributed by atoms with Gasteiger partial charge in [-0.15, -0.1) is 0 Å². The number of para-hydroxylation sites is 2. The van der Waals surface area contributed by atoms with E-state index in [-0.39, 0.29) is 18.1 Å². The zero-order valence-corrected chi connectivity index (χ0v) is 17.7. The Bertz CT molecular complexity index is 1260. The largest absolute Gasteiger partial charge is 0.487 e. The van der Waals surface area contributed by atoms with Crippen LogP contribution in [0.25, 0.3) is 22.7 Å². The molecule has 0 bridgehead atoms. The molecule has 1 aromatic heterocycles. The van der Waals surface area contributed by atoms with Crippen molar-refractivity contribution in [2.45, 2.75) is 6.61 Å². The van der Waals surface area contributed by atoms with Gasteiger partial charge in [-0.1, -0.05) is 59.1 Å². The molecule has 3 aromatic carbocycles. The molecule has 0 radical (unpaired) electrons. The number of nitriles is 1. The average molecular weight is 456 g/mol. The van der Waals surface area contributed by atoms with E-state index in [2.05, 4.69) is 11.1 Å². The highest BCUT2D eigenvalue weighted by atomic mass is 35.5. The molecular formula is C23H13Cl3N2O2. The van der Waals surface area contributed by atoms with Gasteiger partial charge in [0.05, 0.1) is 5.02 Å². The highest BCUT2D eigenvalue weighted by molar-refractivity contribution is 6.36. The first-order valence-electron chi connectivity index (χ1n) is 8.87. The van der Waals surface area contributed by atoms with Gasteiger partial charge in [0.1, 0.15) is 29.5 Å². The third-order valence-corrected chi connectivity index (χ3v) is 5.03. The summed E-state index contributed by atoms with van der Waals surface area (Å²) in [5.74, 6) is 0.610. The Hall–Kier alpha value is -2.97. The van der Waals surface area contributed by atoms with Gasteiger partial charge in [-0.2, -0.15) is 5.26 Å². The minimum absolute atomic E-state index is 0.207. The second-order valence-corrected chi connectivity index (χ2v) is 7.66. The van der Waals surface area contributed by atoms with Gasteiger partial charge in [-0.05, 0) is 48.0 Å². The van der Waals surface area contributed by atoms with E-state index in [1.165, 1.54) is 0 Å². The van der Waals surface area contributed by atoms with E-state index in [0.29, 0.717) is 37.5 Å². The van der Waals surface area contributed by atoms with Crippen molar-refractivity contribution in [3.05, 3.63) is 92.7 Å². The third-order valence-electron chi connectivity index (χ3n) is 4.28. The van der Waals surface area contributed by atoms with Crippen LogP contribution in [-0.4, -0.2) is 4.98 Å². The van der Waals surface area contributed by atoms with Gasteiger partial charge in [0.25, 0.3) is 0 Å². The van der Waals surface area contributed by atoms with Crippen molar-refractivity contribution in [1.29, 1.82) is 5.26 Å². The molecule has 0 amide bonds. The van der Waals surface area contributed by atoms with Crippen molar-refractivity contribution in [2.75, 3.05) is 0 Å². The Labute approximate surface area is 187 Å². The highest BCUT2D eigenvalue weighted by Crippen LogP contribution is 2.35. The van der Waals surface area contributed by atoms with Crippen LogP contribution in [0.4, 0.5) is 0 Å². The van der Waals surface area contributed by atoms with Crippen LogP contribution in [0.1, 0.15) is 17.0 Å². The predicted molar refractivity (Wildman–Crippen MR) is 120 cm³/mol. The van der Waals surface area contributed by atoms with Gasteiger partial charge in [-0.25, -0.2) is 4.98 Å². The number of hydrogen-bond acceptors (Lipinski definition) is 4. The lowest BCUT2D eigenvalue weighted by molar-refractivity contribution is 0.306. The van der Waals surface area contributed by atoms with Crippen molar-refractivity contribution in [1.82, 2.24) is 4.98 Å². The normalized spacial score (nSPS) is 11.5. The van der Waals surface area contributed by atoms with Gasteiger partial charge < -0.3 is 9.15 Å². The third kappa shape index (κ3) is 4.44. The molecule has 1 heterocycles. The number of rotatable bonds is 5. The van der Waals surface area contributed by atoms with Crippen LogP contribution < -0.4 is 4.74 Å².